The molecule has 0 saturated carbocycles. The van der Waals surface area contributed by atoms with Gasteiger partial charge in [-0.15, -0.1) is 11.3 Å². The number of hydrogen-bond donors (Lipinski definition) is 2. The van der Waals surface area contributed by atoms with Gasteiger partial charge in [0.25, 0.3) is 0 Å². The predicted octanol–water partition coefficient (Wildman–Crippen LogP) is 3.39. The van der Waals surface area contributed by atoms with Gasteiger partial charge in [-0.3, -0.25) is 9.89 Å². The quantitative estimate of drug-likeness (QED) is 0.613. The van der Waals surface area contributed by atoms with E-state index in [9.17, 15) is 0 Å². The van der Waals surface area contributed by atoms with Gasteiger partial charge in [-0.2, -0.15) is 0 Å². The zero-order valence-corrected chi connectivity index (χ0v) is 16.5. The van der Waals surface area contributed by atoms with Gasteiger partial charge in [0, 0.05) is 30.0 Å². The van der Waals surface area contributed by atoms with Crippen LogP contribution in [0.3, 0.4) is 0 Å². The van der Waals surface area contributed by atoms with Crippen LogP contribution in [-0.4, -0.2) is 37.1 Å². The van der Waals surface area contributed by atoms with E-state index in [0.717, 1.165) is 38.3 Å². The van der Waals surface area contributed by atoms with Gasteiger partial charge in [-0.05, 0) is 49.4 Å². The maximum Gasteiger partial charge on any atom is 0.189 e. The van der Waals surface area contributed by atoms with Crippen LogP contribution in [0.15, 0.2) is 46.8 Å². The Hall–Kier alpha value is -2.05. The summed E-state index contributed by atoms with van der Waals surface area (Å²) in [5, 5.41) is 5.55. The van der Waals surface area contributed by atoms with Crippen molar-refractivity contribution in [3.63, 3.8) is 0 Å². The molecule has 1 aromatic heterocycles. The number of nitrogens with zero attached hydrogens (tertiary/aromatic N) is 2. The third-order valence-corrected chi connectivity index (χ3v) is 6.33. The number of benzene rings is 1. The number of likely N-dealkylation sites (tertiary alicyclic amines) is 1. The Labute approximate surface area is 165 Å². The second-order valence-corrected chi connectivity index (χ2v) is 8.43. The van der Waals surface area contributed by atoms with Gasteiger partial charge in [-0.25, -0.2) is 0 Å². The Kier molecular flexibility index (Phi) is 5.94. The predicted molar refractivity (Wildman–Crippen MR) is 111 cm³/mol. The maximum atomic E-state index is 6.19. The van der Waals surface area contributed by atoms with E-state index in [2.05, 4.69) is 38.8 Å². The van der Waals surface area contributed by atoms with Crippen molar-refractivity contribution < 1.29 is 4.74 Å². The number of guanidine groups is 1. The third kappa shape index (κ3) is 4.82. The lowest BCUT2D eigenvalue weighted by Crippen LogP contribution is -2.38. The highest BCUT2D eigenvalue weighted by Crippen LogP contribution is 2.31. The third-order valence-electron chi connectivity index (χ3n) is 5.47. The first-order chi connectivity index (χ1) is 13.3. The summed E-state index contributed by atoms with van der Waals surface area (Å²) in [7, 11) is 0. The average molecular weight is 385 g/mol. The van der Waals surface area contributed by atoms with Gasteiger partial charge in [0.15, 0.2) is 5.96 Å². The Balaban J connectivity index is 1.24. The highest BCUT2D eigenvalue weighted by Gasteiger charge is 2.22. The molecule has 144 valence electrons. The molecule has 1 fully saturated rings. The smallest absolute Gasteiger partial charge is 0.189 e. The number of para-hydroxylation sites is 1. The molecular weight excluding hydrogens is 356 g/mol. The van der Waals surface area contributed by atoms with E-state index >= 15 is 0 Å². The zero-order valence-electron chi connectivity index (χ0n) is 15.6. The Morgan fingerprint density at radius 2 is 2.04 bits per heavy atom. The molecule has 1 aromatic carbocycles. The van der Waals surface area contributed by atoms with Crippen molar-refractivity contribution in [2.75, 3.05) is 26.2 Å². The van der Waals surface area contributed by atoms with Crippen LogP contribution in [0.2, 0.25) is 0 Å². The molecule has 1 atom stereocenters. The molecule has 27 heavy (non-hydrogen) atoms. The fraction of sp³-hybridized carbons (Fsp3) is 0.476. The topological polar surface area (TPSA) is 62.9 Å². The van der Waals surface area contributed by atoms with Crippen molar-refractivity contribution in [2.24, 2.45) is 16.6 Å². The number of aliphatic imine (C=N–C) groups is 1. The molecule has 0 spiro atoms. The number of fused-ring (bicyclic) bond motifs is 1. The van der Waals surface area contributed by atoms with Gasteiger partial charge >= 0.3 is 0 Å². The molecule has 0 bridgehead atoms. The SMILES string of the molecule is NC(=NCC1CCN(Cc2cccs2)CC1)NC1CCOc2ccccc21. The van der Waals surface area contributed by atoms with Crippen molar-refractivity contribution in [2.45, 2.75) is 31.8 Å². The molecule has 2 aromatic rings. The van der Waals surface area contributed by atoms with Crippen LogP contribution in [0.1, 0.15) is 35.7 Å². The van der Waals surface area contributed by atoms with Crippen LogP contribution in [0, 0.1) is 5.92 Å². The number of thiophene rings is 1. The maximum absolute atomic E-state index is 6.19. The van der Waals surface area contributed by atoms with Crippen LogP contribution in [0.4, 0.5) is 0 Å². The van der Waals surface area contributed by atoms with Crippen LogP contribution in [0.25, 0.3) is 0 Å². The minimum atomic E-state index is 0.186. The van der Waals surface area contributed by atoms with Crippen LogP contribution < -0.4 is 15.8 Å². The second-order valence-electron chi connectivity index (χ2n) is 7.40. The van der Waals surface area contributed by atoms with Crippen molar-refractivity contribution in [3.8, 4) is 5.75 Å². The fourth-order valence-electron chi connectivity index (χ4n) is 3.89. The molecular formula is C21H28N4OS. The molecule has 0 aliphatic carbocycles. The van der Waals surface area contributed by atoms with Gasteiger partial charge in [0.2, 0.25) is 0 Å². The van der Waals surface area contributed by atoms with E-state index in [-0.39, 0.29) is 6.04 Å². The summed E-state index contributed by atoms with van der Waals surface area (Å²) in [6.45, 7) is 4.92. The van der Waals surface area contributed by atoms with Crippen molar-refractivity contribution in [1.29, 1.82) is 0 Å². The van der Waals surface area contributed by atoms with Crippen molar-refractivity contribution in [1.82, 2.24) is 10.2 Å². The largest absolute Gasteiger partial charge is 0.493 e. The lowest BCUT2D eigenvalue weighted by Gasteiger charge is -2.31. The van der Waals surface area contributed by atoms with Gasteiger partial charge < -0.3 is 15.8 Å². The van der Waals surface area contributed by atoms with E-state index in [1.165, 1.54) is 23.3 Å². The van der Waals surface area contributed by atoms with Crippen LogP contribution in [-0.2, 0) is 6.54 Å². The molecule has 3 N–H and O–H groups in total. The summed E-state index contributed by atoms with van der Waals surface area (Å²) < 4.78 is 5.71. The lowest BCUT2D eigenvalue weighted by molar-refractivity contribution is 0.182. The highest BCUT2D eigenvalue weighted by molar-refractivity contribution is 7.09. The lowest BCUT2D eigenvalue weighted by atomic mass is 9.97. The van der Waals surface area contributed by atoms with Crippen LogP contribution in [0.5, 0.6) is 5.75 Å². The van der Waals surface area contributed by atoms with E-state index in [4.69, 9.17) is 10.5 Å². The molecule has 0 radical (unpaired) electrons. The summed E-state index contributed by atoms with van der Waals surface area (Å²) in [6, 6.07) is 12.7. The molecule has 5 nitrogen and oxygen atoms in total. The summed E-state index contributed by atoms with van der Waals surface area (Å²) in [5.41, 5.74) is 7.36. The normalized spacial score (nSPS) is 21.5. The first-order valence-electron chi connectivity index (χ1n) is 9.81. The molecule has 1 unspecified atom stereocenters. The van der Waals surface area contributed by atoms with E-state index in [1.807, 2.05) is 29.5 Å². The number of nitrogens with one attached hydrogen (secondary N) is 1. The summed E-state index contributed by atoms with van der Waals surface area (Å²) in [6.07, 6.45) is 3.30. The molecule has 2 aliphatic rings. The van der Waals surface area contributed by atoms with Crippen molar-refractivity contribution in [3.05, 3.63) is 52.2 Å². The summed E-state index contributed by atoms with van der Waals surface area (Å²) >= 11 is 1.85. The molecule has 4 rings (SSSR count). The van der Waals surface area contributed by atoms with Crippen molar-refractivity contribution >= 4 is 17.3 Å². The summed E-state index contributed by atoms with van der Waals surface area (Å²) in [5.74, 6) is 2.14. The van der Waals surface area contributed by atoms with E-state index in [1.54, 1.807) is 0 Å². The number of ether oxygens (including phenoxy) is 1. The van der Waals surface area contributed by atoms with Gasteiger partial charge in [0.1, 0.15) is 5.75 Å². The van der Waals surface area contributed by atoms with Gasteiger partial charge in [-0.1, -0.05) is 24.3 Å². The summed E-state index contributed by atoms with van der Waals surface area (Å²) in [4.78, 5) is 8.65. The number of rotatable bonds is 5. The monoisotopic (exact) mass is 384 g/mol. The standard InChI is InChI=1S/C21H28N4OS/c22-21(24-19-9-12-26-20-6-2-1-5-18(19)20)23-14-16-7-10-25(11-8-16)15-17-4-3-13-27-17/h1-6,13,16,19H,7-12,14-15H2,(H3,22,23,24). The first-order valence-corrected chi connectivity index (χ1v) is 10.7. The van der Waals surface area contributed by atoms with E-state index < -0.39 is 0 Å². The fourth-order valence-corrected chi connectivity index (χ4v) is 4.64. The van der Waals surface area contributed by atoms with Gasteiger partial charge in [0.05, 0.1) is 12.6 Å². The highest BCUT2D eigenvalue weighted by atomic mass is 32.1. The first kappa shape index (κ1) is 18.3. The van der Waals surface area contributed by atoms with Crippen LogP contribution >= 0.6 is 11.3 Å². The minimum Gasteiger partial charge on any atom is -0.493 e. The molecule has 6 heteroatoms. The Morgan fingerprint density at radius 3 is 2.85 bits per heavy atom. The molecule has 1 saturated heterocycles. The average Bonchev–Trinajstić information content (AvgIpc) is 3.21. The zero-order chi connectivity index (χ0) is 18.5. The Morgan fingerprint density at radius 1 is 1.19 bits per heavy atom. The number of piperidine rings is 1. The minimum absolute atomic E-state index is 0.186. The second kappa shape index (κ2) is 8.76. The number of nitrogens with two attached hydrogens (primary N) is 1. The Bertz CT molecular complexity index is 753. The molecule has 2 aliphatic heterocycles. The molecule has 3 heterocycles. The number of hydrogen-bond acceptors (Lipinski definition) is 4. The molecule has 0 amide bonds. The van der Waals surface area contributed by atoms with E-state index in [0.29, 0.717) is 18.5 Å².